The molecular weight excluding hydrogens is 196 g/mol. The normalized spacial score (nSPS) is 21.0. The highest BCUT2D eigenvalue weighted by Gasteiger charge is 2.32. The first kappa shape index (κ1) is 12.8. The lowest BCUT2D eigenvalue weighted by molar-refractivity contribution is -0.133. The van der Waals surface area contributed by atoms with E-state index in [2.05, 4.69) is 0 Å². The first-order valence-electron chi connectivity index (χ1n) is 3.66. The van der Waals surface area contributed by atoms with Gasteiger partial charge >= 0.3 is 0 Å². The average molecular weight is 208 g/mol. The third-order valence-electron chi connectivity index (χ3n) is 1.60. The number of aldehydes is 1. The van der Waals surface area contributed by atoms with Gasteiger partial charge in [-0.25, -0.2) is 0 Å². The number of aliphatic hydroxyl groups is 6. The third kappa shape index (κ3) is 2.96. The van der Waals surface area contributed by atoms with Crippen molar-refractivity contribution in [3.05, 3.63) is 12.0 Å². The second kappa shape index (κ2) is 5.55. The molecule has 7 heteroatoms. The molecule has 0 aromatic carbocycles. The molecule has 0 aliphatic rings. The standard InChI is InChI=1S/C7H12O7/c8-1-3(10)5(12)7(14)6(13)4(11)2-9/h1-3,5-7,9-14H/b4-2+. The molecule has 0 fully saturated rings. The van der Waals surface area contributed by atoms with Crippen LogP contribution < -0.4 is 0 Å². The number of carbonyl (C=O) groups is 1. The summed E-state index contributed by atoms with van der Waals surface area (Å²) in [5, 5.41) is 52.7. The SMILES string of the molecule is O=CC(O)C(O)C(O)C(O)/C(O)=C\O. The van der Waals surface area contributed by atoms with Gasteiger partial charge in [0.05, 0.1) is 0 Å². The van der Waals surface area contributed by atoms with Gasteiger partial charge in [-0.1, -0.05) is 0 Å². The second-order valence-corrected chi connectivity index (χ2v) is 2.61. The molecule has 0 radical (unpaired) electrons. The minimum atomic E-state index is -1.99. The Kier molecular flexibility index (Phi) is 5.10. The van der Waals surface area contributed by atoms with E-state index in [1.54, 1.807) is 0 Å². The smallest absolute Gasteiger partial charge is 0.158 e. The maximum absolute atomic E-state index is 9.98. The van der Waals surface area contributed by atoms with Crippen LogP contribution in [0.1, 0.15) is 0 Å². The fourth-order valence-corrected chi connectivity index (χ4v) is 0.721. The van der Waals surface area contributed by atoms with Crippen LogP contribution in [0.25, 0.3) is 0 Å². The van der Waals surface area contributed by atoms with Crippen molar-refractivity contribution in [1.29, 1.82) is 0 Å². The highest BCUT2D eigenvalue weighted by molar-refractivity contribution is 5.56. The molecule has 82 valence electrons. The zero-order chi connectivity index (χ0) is 11.3. The van der Waals surface area contributed by atoms with Crippen LogP contribution in [-0.2, 0) is 4.79 Å². The maximum atomic E-state index is 9.98. The lowest BCUT2D eigenvalue weighted by atomic mass is 10.0. The van der Waals surface area contributed by atoms with Gasteiger partial charge in [-0.15, -0.1) is 0 Å². The summed E-state index contributed by atoms with van der Waals surface area (Å²) in [4.78, 5) is 9.98. The molecule has 0 aliphatic heterocycles. The number of hydrogen-bond donors (Lipinski definition) is 6. The number of rotatable bonds is 5. The van der Waals surface area contributed by atoms with Crippen molar-refractivity contribution in [3.63, 3.8) is 0 Å². The molecule has 0 bridgehead atoms. The first-order chi connectivity index (χ1) is 6.45. The Balaban J connectivity index is 4.45. The summed E-state index contributed by atoms with van der Waals surface area (Å²) in [6, 6.07) is 0. The van der Waals surface area contributed by atoms with Crippen LogP contribution in [0.3, 0.4) is 0 Å². The van der Waals surface area contributed by atoms with Crippen molar-refractivity contribution < 1.29 is 35.4 Å². The lowest BCUT2D eigenvalue weighted by Gasteiger charge is -2.23. The van der Waals surface area contributed by atoms with E-state index in [4.69, 9.17) is 30.6 Å². The van der Waals surface area contributed by atoms with E-state index < -0.39 is 30.2 Å². The third-order valence-corrected chi connectivity index (χ3v) is 1.60. The molecule has 4 atom stereocenters. The summed E-state index contributed by atoms with van der Waals surface area (Å²) in [6.07, 6.45) is -7.73. The summed E-state index contributed by atoms with van der Waals surface area (Å²) < 4.78 is 0. The zero-order valence-corrected chi connectivity index (χ0v) is 7.06. The summed E-state index contributed by atoms with van der Waals surface area (Å²) in [5.74, 6) is -0.991. The number of hydrogen-bond acceptors (Lipinski definition) is 7. The highest BCUT2D eigenvalue weighted by atomic mass is 16.4. The molecule has 0 aromatic rings. The molecule has 0 rings (SSSR count). The van der Waals surface area contributed by atoms with Gasteiger partial charge in [0.1, 0.15) is 30.7 Å². The summed E-state index contributed by atoms with van der Waals surface area (Å²) in [5.41, 5.74) is 0. The summed E-state index contributed by atoms with van der Waals surface area (Å²) >= 11 is 0. The van der Waals surface area contributed by atoms with Gasteiger partial charge in [0.15, 0.2) is 12.0 Å². The molecule has 0 spiro atoms. The van der Waals surface area contributed by atoms with E-state index in [1.807, 2.05) is 0 Å². The molecule has 0 saturated heterocycles. The minimum Gasteiger partial charge on any atom is -0.512 e. The zero-order valence-electron chi connectivity index (χ0n) is 7.06. The molecule has 0 aliphatic carbocycles. The summed E-state index contributed by atoms with van der Waals surface area (Å²) in [6.45, 7) is 0. The van der Waals surface area contributed by atoms with Crippen molar-refractivity contribution in [2.24, 2.45) is 0 Å². The highest BCUT2D eigenvalue weighted by Crippen LogP contribution is 2.09. The van der Waals surface area contributed by atoms with Crippen molar-refractivity contribution in [3.8, 4) is 0 Å². The van der Waals surface area contributed by atoms with Gasteiger partial charge in [0.25, 0.3) is 0 Å². The molecule has 0 saturated carbocycles. The Morgan fingerprint density at radius 2 is 1.57 bits per heavy atom. The topological polar surface area (TPSA) is 138 Å². The second-order valence-electron chi connectivity index (χ2n) is 2.61. The van der Waals surface area contributed by atoms with E-state index >= 15 is 0 Å². The van der Waals surface area contributed by atoms with Crippen LogP contribution in [0.5, 0.6) is 0 Å². The molecule has 7 nitrogen and oxygen atoms in total. The van der Waals surface area contributed by atoms with Gasteiger partial charge in [0, 0.05) is 0 Å². The van der Waals surface area contributed by atoms with Gasteiger partial charge in [0.2, 0.25) is 0 Å². The molecule has 14 heavy (non-hydrogen) atoms. The largest absolute Gasteiger partial charge is 0.512 e. The molecule has 6 N–H and O–H groups in total. The minimum absolute atomic E-state index is 0.0414. The Hall–Kier alpha value is -1.15. The van der Waals surface area contributed by atoms with Gasteiger partial charge in [-0.2, -0.15) is 0 Å². The maximum Gasteiger partial charge on any atom is 0.158 e. The van der Waals surface area contributed by atoms with Gasteiger partial charge < -0.3 is 35.4 Å². The Morgan fingerprint density at radius 3 is 1.93 bits per heavy atom. The summed E-state index contributed by atoms with van der Waals surface area (Å²) in [7, 11) is 0. The quantitative estimate of drug-likeness (QED) is 0.218. The fraction of sp³-hybridized carbons (Fsp3) is 0.571. The van der Waals surface area contributed by atoms with E-state index in [0.29, 0.717) is 0 Å². The van der Waals surface area contributed by atoms with Crippen LogP contribution in [0.2, 0.25) is 0 Å². The Labute approximate surface area is 79.2 Å². The van der Waals surface area contributed by atoms with Crippen LogP contribution in [-0.4, -0.2) is 61.3 Å². The van der Waals surface area contributed by atoms with Gasteiger partial charge in [-0.3, -0.25) is 0 Å². The monoisotopic (exact) mass is 208 g/mol. The predicted octanol–water partition coefficient (Wildman–Crippen LogP) is -2.41. The molecular formula is C7H12O7. The van der Waals surface area contributed by atoms with Crippen LogP contribution in [0.4, 0.5) is 0 Å². The van der Waals surface area contributed by atoms with Crippen molar-refractivity contribution >= 4 is 6.29 Å². The van der Waals surface area contributed by atoms with Crippen molar-refractivity contribution in [1.82, 2.24) is 0 Å². The fourth-order valence-electron chi connectivity index (χ4n) is 0.721. The van der Waals surface area contributed by atoms with E-state index in [1.165, 1.54) is 0 Å². The van der Waals surface area contributed by atoms with Crippen LogP contribution in [0.15, 0.2) is 12.0 Å². The number of aliphatic hydroxyl groups excluding tert-OH is 6. The van der Waals surface area contributed by atoms with Crippen molar-refractivity contribution in [2.45, 2.75) is 24.4 Å². The van der Waals surface area contributed by atoms with E-state index in [9.17, 15) is 4.79 Å². The van der Waals surface area contributed by atoms with Gasteiger partial charge in [-0.05, 0) is 0 Å². The molecule has 4 unspecified atom stereocenters. The Morgan fingerprint density at radius 1 is 1.07 bits per heavy atom. The molecule has 0 amide bonds. The van der Waals surface area contributed by atoms with Crippen LogP contribution in [0, 0.1) is 0 Å². The lowest BCUT2D eigenvalue weighted by Crippen LogP contribution is -2.45. The van der Waals surface area contributed by atoms with Crippen molar-refractivity contribution in [2.75, 3.05) is 0 Å². The Bertz CT molecular complexity index is 214. The molecule has 0 aromatic heterocycles. The number of carbonyl (C=O) groups excluding carboxylic acids is 1. The average Bonchev–Trinajstić information content (AvgIpc) is 2.23. The van der Waals surface area contributed by atoms with E-state index in [0.717, 1.165) is 0 Å². The predicted molar refractivity (Wildman–Crippen MR) is 43.4 cm³/mol. The molecule has 0 heterocycles. The van der Waals surface area contributed by atoms with E-state index in [-0.39, 0.29) is 12.5 Å². The van der Waals surface area contributed by atoms with Crippen LogP contribution >= 0.6 is 0 Å². The first-order valence-corrected chi connectivity index (χ1v) is 3.66.